The van der Waals surface area contributed by atoms with Gasteiger partial charge >= 0.3 is 0 Å². The van der Waals surface area contributed by atoms with Crippen molar-refractivity contribution in [1.29, 1.82) is 0 Å². The van der Waals surface area contributed by atoms with Crippen molar-refractivity contribution < 1.29 is 17.0 Å². The van der Waals surface area contributed by atoms with Gasteiger partial charge in [-0.15, -0.1) is 0 Å². The van der Waals surface area contributed by atoms with Crippen LogP contribution in [0.2, 0.25) is 0 Å². The van der Waals surface area contributed by atoms with Crippen LogP contribution in [0.3, 0.4) is 0 Å². The fourth-order valence-electron chi connectivity index (χ4n) is 2.55. The van der Waals surface area contributed by atoms with Crippen LogP contribution in [0, 0.1) is 0 Å². The summed E-state index contributed by atoms with van der Waals surface area (Å²) in [5.41, 5.74) is 2.37. The molecule has 0 aliphatic carbocycles. The fourth-order valence-corrected chi connectivity index (χ4v) is 2.55. The van der Waals surface area contributed by atoms with Crippen LogP contribution in [0.15, 0.2) is 60.7 Å². The summed E-state index contributed by atoms with van der Waals surface area (Å²) in [7, 11) is 0. The van der Waals surface area contributed by atoms with Crippen LogP contribution in [0.1, 0.15) is 41.5 Å². The van der Waals surface area contributed by atoms with Gasteiger partial charge in [-0.2, -0.15) is 0 Å². The topological polar surface area (TPSA) is 6.25 Å². The average Bonchev–Trinajstić information content (AvgIpc) is 2.47. The molecule has 0 bridgehead atoms. The summed E-state index contributed by atoms with van der Waals surface area (Å²) < 4.78 is 2.34. The van der Waals surface area contributed by atoms with E-state index in [9.17, 15) is 0 Å². The van der Waals surface area contributed by atoms with Gasteiger partial charge < -0.3 is 12.4 Å². The van der Waals surface area contributed by atoms with Crippen molar-refractivity contribution in [1.82, 2.24) is 0 Å². The highest BCUT2D eigenvalue weighted by molar-refractivity contribution is 5.78. The van der Waals surface area contributed by atoms with Crippen molar-refractivity contribution in [3.05, 3.63) is 60.7 Å². The number of benzene rings is 2. The first-order valence-corrected chi connectivity index (χ1v) is 8.23. The average molecular weight is 345 g/mol. The summed E-state index contributed by atoms with van der Waals surface area (Å²) in [6.45, 7) is 13.4. The summed E-state index contributed by atoms with van der Waals surface area (Å²) in [5.74, 6) is 0. The van der Waals surface area contributed by atoms with E-state index >= 15 is 0 Å². The molecule has 0 amide bonds. The first-order chi connectivity index (χ1) is 10.7. The van der Waals surface area contributed by atoms with Gasteiger partial charge in [-0.1, -0.05) is 36.4 Å². The molecular weight excluding hydrogens is 316 g/mol. The summed E-state index contributed by atoms with van der Waals surface area (Å²) in [5, 5.41) is 0. The van der Waals surface area contributed by atoms with Gasteiger partial charge in [0.25, 0.3) is 0 Å². The zero-order valence-corrected chi connectivity index (χ0v) is 16.4. The number of para-hydroxylation sites is 2. The highest BCUT2D eigenvalue weighted by atomic mass is 35.5. The van der Waals surface area contributed by atoms with Crippen LogP contribution in [0.25, 0.3) is 0 Å². The number of hydrogen-bond donors (Lipinski definition) is 0. The molecule has 0 unspecified atom stereocenters. The molecule has 0 saturated heterocycles. The molecule has 2 aromatic rings. The molecule has 2 rings (SSSR count). The lowest BCUT2D eigenvalue weighted by Gasteiger charge is -2.31. The molecule has 2 nitrogen and oxygen atoms in total. The Labute approximate surface area is 153 Å². The monoisotopic (exact) mass is 344 g/mol. The van der Waals surface area contributed by atoms with Crippen LogP contribution in [0.5, 0.6) is 0 Å². The zero-order valence-electron chi connectivity index (χ0n) is 15.6. The standard InChI is InChI=1S/C21H29N2.ClH/c1-20(2,3)22(18-13-9-7-10-14-18)17-23(21(4,5)6)19-15-11-8-12-16-19;/h7-17H,1-6H3;1H/q+1;/p-1. The fraction of sp³-hybridized carbons (Fsp3) is 0.381. The SMILES string of the molecule is CC(C)(C)N(C=[N+](c1ccccc1)C(C)(C)C)c1ccccc1.[Cl-]. The number of hydrogen-bond acceptors (Lipinski definition) is 0. The molecular formula is C21H29ClN2. The Morgan fingerprint density at radius 2 is 1.21 bits per heavy atom. The number of halogens is 1. The van der Waals surface area contributed by atoms with Crippen LogP contribution in [-0.2, 0) is 0 Å². The summed E-state index contributed by atoms with van der Waals surface area (Å²) in [6, 6.07) is 21.1. The van der Waals surface area contributed by atoms with E-state index in [2.05, 4.69) is 118 Å². The lowest BCUT2D eigenvalue weighted by molar-refractivity contribution is -0.516. The van der Waals surface area contributed by atoms with E-state index in [0.717, 1.165) is 0 Å². The summed E-state index contributed by atoms with van der Waals surface area (Å²) in [4.78, 5) is 2.34. The van der Waals surface area contributed by atoms with Gasteiger partial charge in [0.15, 0.2) is 0 Å². The normalized spacial score (nSPS) is 12.5. The molecule has 0 heterocycles. The number of rotatable bonds is 3. The smallest absolute Gasteiger partial charge is 0.245 e. The summed E-state index contributed by atoms with van der Waals surface area (Å²) in [6.07, 6.45) is 2.24. The second kappa shape index (κ2) is 7.85. The van der Waals surface area contributed by atoms with Crippen molar-refractivity contribution in [2.45, 2.75) is 52.6 Å². The predicted octanol–water partition coefficient (Wildman–Crippen LogP) is 2.47. The van der Waals surface area contributed by atoms with Crippen molar-refractivity contribution in [2.75, 3.05) is 4.90 Å². The minimum atomic E-state index is -0.0143. The lowest BCUT2D eigenvalue weighted by atomic mass is 10.0. The van der Waals surface area contributed by atoms with Crippen molar-refractivity contribution in [3.8, 4) is 0 Å². The van der Waals surface area contributed by atoms with Crippen molar-refractivity contribution in [2.24, 2.45) is 0 Å². The number of nitrogens with zero attached hydrogens (tertiary/aromatic N) is 2. The minimum Gasteiger partial charge on any atom is -1.00 e. The molecule has 0 aliphatic rings. The van der Waals surface area contributed by atoms with Crippen LogP contribution < -0.4 is 17.3 Å². The van der Waals surface area contributed by atoms with E-state index in [1.54, 1.807) is 0 Å². The molecule has 0 N–H and O–H groups in total. The molecule has 3 heteroatoms. The van der Waals surface area contributed by atoms with Crippen LogP contribution in [-0.4, -0.2) is 22.0 Å². The van der Waals surface area contributed by atoms with E-state index in [0.29, 0.717) is 0 Å². The predicted molar refractivity (Wildman–Crippen MR) is 101 cm³/mol. The molecule has 0 saturated carbocycles. The van der Waals surface area contributed by atoms with E-state index in [1.165, 1.54) is 11.4 Å². The van der Waals surface area contributed by atoms with Gasteiger partial charge in [-0.05, 0) is 65.8 Å². The van der Waals surface area contributed by atoms with Crippen molar-refractivity contribution >= 4 is 17.7 Å². The summed E-state index contributed by atoms with van der Waals surface area (Å²) >= 11 is 0. The Morgan fingerprint density at radius 3 is 1.62 bits per heavy atom. The molecule has 0 fully saturated rings. The second-order valence-electron chi connectivity index (χ2n) is 7.87. The van der Waals surface area contributed by atoms with Gasteiger partial charge in [0.2, 0.25) is 6.34 Å². The highest BCUT2D eigenvalue weighted by Crippen LogP contribution is 2.25. The maximum Gasteiger partial charge on any atom is 0.245 e. The Kier molecular flexibility index (Phi) is 6.62. The van der Waals surface area contributed by atoms with Gasteiger partial charge in [0.1, 0.15) is 22.5 Å². The molecule has 0 radical (unpaired) electrons. The molecule has 0 atom stereocenters. The van der Waals surface area contributed by atoms with Crippen LogP contribution in [0.4, 0.5) is 11.4 Å². The third-order valence-electron chi connectivity index (χ3n) is 3.75. The van der Waals surface area contributed by atoms with Gasteiger partial charge in [0, 0.05) is 0 Å². The number of anilines is 1. The molecule has 2 aromatic carbocycles. The first kappa shape index (κ1) is 20.2. The van der Waals surface area contributed by atoms with Gasteiger partial charge in [-0.3, -0.25) is 0 Å². The maximum atomic E-state index is 2.34. The van der Waals surface area contributed by atoms with E-state index in [-0.39, 0.29) is 23.5 Å². The van der Waals surface area contributed by atoms with Gasteiger partial charge in [0.05, 0.1) is 0 Å². The molecule has 130 valence electrons. The largest absolute Gasteiger partial charge is 1.00 e. The van der Waals surface area contributed by atoms with E-state index < -0.39 is 0 Å². The second-order valence-corrected chi connectivity index (χ2v) is 7.87. The van der Waals surface area contributed by atoms with Crippen molar-refractivity contribution in [3.63, 3.8) is 0 Å². The quantitative estimate of drug-likeness (QED) is 0.471. The van der Waals surface area contributed by atoms with E-state index in [1.807, 2.05) is 0 Å². The Bertz CT molecular complexity index is 650. The molecule has 24 heavy (non-hydrogen) atoms. The first-order valence-electron chi connectivity index (χ1n) is 8.23. The highest BCUT2D eigenvalue weighted by Gasteiger charge is 2.31. The molecule has 0 aliphatic heterocycles. The van der Waals surface area contributed by atoms with Crippen LogP contribution >= 0.6 is 0 Å². The zero-order chi connectivity index (χ0) is 17.1. The van der Waals surface area contributed by atoms with E-state index in [4.69, 9.17) is 0 Å². The molecule has 0 spiro atoms. The third-order valence-corrected chi connectivity index (χ3v) is 3.75. The maximum absolute atomic E-state index is 2.34. The Morgan fingerprint density at radius 1 is 0.750 bits per heavy atom. The Hall–Kier alpha value is -1.80. The molecule has 0 aromatic heterocycles. The van der Waals surface area contributed by atoms with Gasteiger partial charge in [-0.25, -0.2) is 9.48 Å². The lowest BCUT2D eigenvalue weighted by Crippen LogP contribution is -3.00. The Balaban J connectivity index is 0.00000288. The minimum absolute atomic E-state index is 0. The third kappa shape index (κ3) is 5.10.